The Morgan fingerprint density at radius 1 is 1.03 bits per heavy atom. The van der Waals surface area contributed by atoms with Crippen LogP contribution < -0.4 is 29.1 Å². The van der Waals surface area contributed by atoms with E-state index in [1.165, 1.54) is 18.4 Å². The SMILES string of the molecule is CCOC(=O)C1=C(C)N=c2s/c(=C/c3ccc(C)c(OC)c3)c(=O)n2C1c1ccc(OC)c(OC)c1. The Hall–Kier alpha value is -3.85. The van der Waals surface area contributed by atoms with Gasteiger partial charge < -0.3 is 18.9 Å². The van der Waals surface area contributed by atoms with E-state index in [9.17, 15) is 9.59 Å². The van der Waals surface area contributed by atoms with E-state index in [0.29, 0.717) is 37.7 Å². The highest BCUT2D eigenvalue weighted by molar-refractivity contribution is 7.07. The molecule has 2 heterocycles. The number of hydrogen-bond acceptors (Lipinski definition) is 8. The molecule has 1 unspecified atom stereocenters. The fraction of sp³-hybridized carbons (Fsp3) is 0.296. The highest BCUT2D eigenvalue weighted by Crippen LogP contribution is 2.36. The molecule has 9 heteroatoms. The lowest BCUT2D eigenvalue weighted by Gasteiger charge is -2.25. The Morgan fingerprint density at radius 3 is 2.42 bits per heavy atom. The molecule has 1 aromatic heterocycles. The van der Waals surface area contributed by atoms with Crippen molar-refractivity contribution in [3.8, 4) is 17.2 Å². The maximum atomic E-state index is 13.8. The van der Waals surface area contributed by atoms with E-state index in [1.54, 1.807) is 50.8 Å². The van der Waals surface area contributed by atoms with Crippen molar-refractivity contribution in [3.63, 3.8) is 0 Å². The number of thiazole rings is 1. The maximum Gasteiger partial charge on any atom is 0.338 e. The molecule has 0 saturated carbocycles. The highest BCUT2D eigenvalue weighted by Gasteiger charge is 2.33. The fourth-order valence-corrected chi connectivity index (χ4v) is 5.25. The van der Waals surface area contributed by atoms with E-state index in [0.717, 1.165) is 16.9 Å². The van der Waals surface area contributed by atoms with E-state index in [4.69, 9.17) is 18.9 Å². The average molecular weight is 509 g/mol. The van der Waals surface area contributed by atoms with Crippen molar-refractivity contribution in [1.29, 1.82) is 0 Å². The Morgan fingerprint density at radius 2 is 1.75 bits per heavy atom. The van der Waals surface area contributed by atoms with Crippen LogP contribution in [0.5, 0.6) is 17.2 Å². The molecule has 0 saturated heterocycles. The summed E-state index contributed by atoms with van der Waals surface area (Å²) >= 11 is 1.27. The molecule has 0 radical (unpaired) electrons. The lowest BCUT2D eigenvalue weighted by atomic mass is 9.95. The average Bonchev–Trinajstić information content (AvgIpc) is 3.18. The Balaban J connectivity index is 1.96. The summed E-state index contributed by atoms with van der Waals surface area (Å²) in [5.74, 6) is 1.25. The van der Waals surface area contributed by atoms with Gasteiger partial charge in [0.15, 0.2) is 16.3 Å². The summed E-state index contributed by atoms with van der Waals surface area (Å²) in [6, 6.07) is 10.3. The number of fused-ring (bicyclic) bond motifs is 1. The molecule has 1 atom stereocenters. The van der Waals surface area contributed by atoms with Crippen molar-refractivity contribution >= 4 is 23.4 Å². The summed E-state index contributed by atoms with van der Waals surface area (Å²) in [6.45, 7) is 5.65. The molecule has 0 amide bonds. The van der Waals surface area contributed by atoms with Crippen LogP contribution in [0.15, 0.2) is 57.5 Å². The van der Waals surface area contributed by atoms with Gasteiger partial charge in [0.1, 0.15) is 5.75 Å². The number of carbonyl (C=O) groups is 1. The van der Waals surface area contributed by atoms with Crippen molar-refractivity contribution in [3.05, 3.63) is 84.0 Å². The monoisotopic (exact) mass is 508 g/mol. The molecule has 8 nitrogen and oxygen atoms in total. The van der Waals surface area contributed by atoms with Gasteiger partial charge in [-0.15, -0.1) is 0 Å². The summed E-state index contributed by atoms with van der Waals surface area (Å²) in [4.78, 5) is 31.9. The minimum Gasteiger partial charge on any atom is -0.496 e. The summed E-state index contributed by atoms with van der Waals surface area (Å²) in [5, 5.41) is 0. The van der Waals surface area contributed by atoms with E-state index >= 15 is 0 Å². The maximum absolute atomic E-state index is 13.8. The number of aryl methyl sites for hydroxylation is 1. The zero-order valence-corrected chi connectivity index (χ0v) is 21.9. The molecular weight excluding hydrogens is 480 g/mol. The molecule has 1 aliphatic heterocycles. The lowest BCUT2D eigenvalue weighted by molar-refractivity contribution is -0.139. The van der Waals surface area contributed by atoms with Crippen molar-refractivity contribution in [2.24, 2.45) is 4.99 Å². The number of carbonyl (C=O) groups excluding carboxylic acids is 1. The van der Waals surface area contributed by atoms with Gasteiger partial charge in [0.25, 0.3) is 5.56 Å². The van der Waals surface area contributed by atoms with Crippen molar-refractivity contribution < 1.29 is 23.7 Å². The first-order chi connectivity index (χ1) is 17.3. The van der Waals surface area contributed by atoms with Gasteiger partial charge in [-0.2, -0.15) is 0 Å². The van der Waals surface area contributed by atoms with Gasteiger partial charge in [-0.3, -0.25) is 9.36 Å². The van der Waals surface area contributed by atoms with Gasteiger partial charge in [0, 0.05) is 0 Å². The molecule has 0 fully saturated rings. The second-order valence-corrected chi connectivity index (χ2v) is 9.15. The number of allylic oxidation sites excluding steroid dienone is 1. The fourth-order valence-electron chi connectivity index (χ4n) is 4.21. The van der Waals surface area contributed by atoms with Crippen LogP contribution in [0.1, 0.15) is 36.6 Å². The Bertz CT molecular complexity index is 1530. The second kappa shape index (κ2) is 10.4. The summed E-state index contributed by atoms with van der Waals surface area (Å²) in [6.07, 6.45) is 1.81. The van der Waals surface area contributed by atoms with Crippen molar-refractivity contribution in [2.75, 3.05) is 27.9 Å². The van der Waals surface area contributed by atoms with Gasteiger partial charge in [-0.25, -0.2) is 9.79 Å². The highest BCUT2D eigenvalue weighted by atomic mass is 32.1. The van der Waals surface area contributed by atoms with Gasteiger partial charge in [-0.1, -0.05) is 29.5 Å². The van der Waals surface area contributed by atoms with Gasteiger partial charge >= 0.3 is 5.97 Å². The first kappa shape index (κ1) is 25.2. The number of benzene rings is 2. The van der Waals surface area contributed by atoms with Crippen LogP contribution in [0.4, 0.5) is 0 Å². The summed E-state index contributed by atoms with van der Waals surface area (Å²) in [5.41, 5.74) is 3.05. The third-order valence-corrected chi connectivity index (χ3v) is 6.95. The number of aromatic nitrogens is 1. The number of methoxy groups -OCH3 is 3. The number of nitrogens with zero attached hydrogens (tertiary/aromatic N) is 2. The number of esters is 1. The minimum absolute atomic E-state index is 0.202. The quantitative estimate of drug-likeness (QED) is 0.456. The first-order valence-electron chi connectivity index (χ1n) is 11.4. The summed E-state index contributed by atoms with van der Waals surface area (Å²) < 4.78 is 23.7. The minimum atomic E-state index is -0.741. The molecule has 2 aromatic carbocycles. The molecule has 0 N–H and O–H groups in total. The molecule has 1 aliphatic rings. The summed E-state index contributed by atoms with van der Waals surface area (Å²) in [7, 11) is 4.70. The molecule has 4 rings (SSSR count). The van der Waals surface area contributed by atoms with Crippen molar-refractivity contribution in [1.82, 2.24) is 4.57 Å². The molecule has 188 valence electrons. The van der Waals surface area contributed by atoms with Crippen LogP contribution in [0.3, 0.4) is 0 Å². The Labute approximate surface area is 212 Å². The van der Waals surface area contributed by atoms with Gasteiger partial charge in [0.2, 0.25) is 0 Å². The van der Waals surface area contributed by atoms with Gasteiger partial charge in [0.05, 0.1) is 49.8 Å². The van der Waals surface area contributed by atoms with Crippen LogP contribution in [-0.2, 0) is 9.53 Å². The third kappa shape index (κ3) is 4.54. The topological polar surface area (TPSA) is 88.4 Å². The van der Waals surface area contributed by atoms with E-state index < -0.39 is 12.0 Å². The zero-order valence-electron chi connectivity index (χ0n) is 21.1. The second-order valence-electron chi connectivity index (χ2n) is 8.15. The third-order valence-electron chi connectivity index (χ3n) is 5.97. The van der Waals surface area contributed by atoms with Crippen LogP contribution >= 0.6 is 11.3 Å². The molecule has 0 aliphatic carbocycles. The molecule has 36 heavy (non-hydrogen) atoms. The smallest absolute Gasteiger partial charge is 0.338 e. The zero-order chi connectivity index (χ0) is 26.0. The van der Waals surface area contributed by atoms with Crippen LogP contribution in [0.2, 0.25) is 0 Å². The number of ether oxygens (including phenoxy) is 4. The number of hydrogen-bond donors (Lipinski definition) is 0. The predicted molar refractivity (Wildman–Crippen MR) is 138 cm³/mol. The van der Waals surface area contributed by atoms with Crippen LogP contribution in [0, 0.1) is 6.92 Å². The van der Waals surface area contributed by atoms with E-state index in [2.05, 4.69) is 4.99 Å². The largest absolute Gasteiger partial charge is 0.496 e. The standard InChI is InChI=1S/C27H28N2O6S/c1-7-35-26(31)23-16(3)28-27-29(24(23)18-10-11-19(32-4)21(14-18)34-6)25(30)22(36-27)13-17-9-8-15(2)20(12-17)33-5/h8-14,24H,7H2,1-6H3/b22-13+. The normalized spacial score (nSPS) is 15.3. The molecular formula is C27H28N2O6S. The van der Waals surface area contributed by atoms with Crippen LogP contribution in [-0.4, -0.2) is 38.5 Å². The Kier molecular flexibility index (Phi) is 7.30. The van der Waals surface area contributed by atoms with Crippen LogP contribution in [0.25, 0.3) is 6.08 Å². The van der Waals surface area contributed by atoms with E-state index in [-0.39, 0.29) is 12.2 Å². The van der Waals surface area contributed by atoms with E-state index in [1.807, 2.05) is 31.2 Å². The molecule has 0 spiro atoms. The van der Waals surface area contributed by atoms with Crippen molar-refractivity contribution in [2.45, 2.75) is 26.8 Å². The predicted octanol–water partition coefficient (Wildman–Crippen LogP) is 3.13. The molecule has 3 aromatic rings. The van der Waals surface area contributed by atoms with Gasteiger partial charge in [-0.05, 0) is 61.7 Å². The lowest BCUT2D eigenvalue weighted by Crippen LogP contribution is -2.39. The number of rotatable bonds is 7. The first-order valence-corrected chi connectivity index (χ1v) is 12.2. The molecule has 0 bridgehead atoms.